The first-order valence-corrected chi connectivity index (χ1v) is 6.43. The van der Waals surface area contributed by atoms with Crippen LogP contribution < -0.4 is 10.5 Å². The Morgan fingerprint density at radius 3 is 2.82 bits per heavy atom. The lowest BCUT2D eigenvalue weighted by molar-refractivity contribution is 0.416. The molecule has 17 heavy (non-hydrogen) atoms. The zero-order chi connectivity index (χ0) is 12.4. The zero-order valence-electron chi connectivity index (χ0n) is 9.61. The molecule has 0 aliphatic rings. The van der Waals surface area contributed by atoms with Gasteiger partial charge in [-0.25, -0.2) is 4.98 Å². The third-order valence-corrected chi connectivity index (χ3v) is 3.59. The maximum atomic E-state index is 6.19. The molecule has 1 unspecified atom stereocenters. The second-order valence-electron chi connectivity index (χ2n) is 3.68. The molecule has 0 bridgehead atoms. The lowest BCUT2D eigenvalue weighted by Crippen LogP contribution is -2.04. The van der Waals surface area contributed by atoms with Gasteiger partial charge in [0, 0.05) is 11.4 Å². The van der Waals surface area contributed by atoms with Crippen molar-refractivity contribution in [1.29, 1.82) is 0 Å². The fraction of sp³-hybridized carbons (Fsp3) is 0.250. The summed E-state index contributed by atoms with van der Waals surface area (Å²) in [7, 11) is 1.62. The number of nitrogens with zero attached hydrogens (tertiary/aromatic N) is 1. The highest BCUT2D eigenvalue weighted by atomic mass is 35.5. The average molecular weight is 269 g/mol. The Morgan fingerprint density at radius 1 is 1.47 bits per heavy atom. The van der Waals surface area contributed by atoms with Gasteiger partial charge in [0.05, 0.1) is 23.4 Å². The molecular weight excluding hydrogens is 256 g/mol. The van der Waals surface area contributed by atoms with Crippen LogP contribution in [0.2, 0.25) is 5.02 Å². The Labute approximate surface area is 109 Å². The quantitative estimate of drug-likeness (QED) is 0.927. The molecule has 1 aromatic carbocycles. The van der Waals surface area contributed by atoms with Crippen molar-refractivity contribution in [2.45, 2.75) is 13.0 Å². The lowest BCUT2D eigenvalue weighted by Gasteiger charge is -2.07. The van der Waals surface area contributed by atoms with Crippen molar-refractivity contribution in [3.8, 4) is 16.3 Å². The number of rotatable bonds is 3. The summed E-state index contributed by atoms with van der Waals surface area (Å²) in [4.78, 5) is 4.48. The molecule has 0 saturated carbocycles. The van der Waals surface area contributed by atoms with Gasteiger partial charge in [-0.1, -0.05) is 17.7 Å². The topological polar surface area (TPSA) is 48.1 Å². The molecule has 0 amide bonds. The van der Waals surface area contributed by atoms with Gasteiger partial charge in [0.25, 0.3) is 0 Å². The van der Waals surface area contributed by atoms with Crippen LogP contribution in [-0.2, 0) is 0 Å². The van der Waals surface area contributed by atoms with Crippen LogP contribution in [0.5, 0.6) is 5.75 Å². The van der Waals surface area contributed by atoms with Crippen molar-refractivity contribution in [3.63, 3.8) is 0 Å². The second kappa shape index (κ2) is 5.04. The number of thiazole rings is 1. The van der Waals surface area contributed by atoms with Gasteiger partial charge >= 0.3 is 0 Å². The molecular formula is C12H13ClN2OS. The van der Waals surface area contributed by atoms with Crippen molar-refractivity contribution in [3.05, 3.63) is 34.3 Å². The number of hydrogen-bond donors (Lipinski definition) is 1. The van der Waals surface area contributed by atoms with E-state index in [0.29, 0.717) is 5.02 Å². The molecule has 90 valence electrons. The van der Waals surface area contributed by atoms with Crippen LogP contribution in [-0.4, -0.2) is 12.1 Å². The standard InChI is InChI=1S/C12H13ClN2OS/c1-7(14)9-6-17-12(15-9)11-8(13)4-3-5-10(11)16-2/h3-7H,14H2,1-2H3. The first-order chi connectivity index (χ1) is 8.13. The number of nitrogens with two attached hydrogens (primary N) is 1. The molecule has 1 atom stereocenters. The molecule has 0 spiro atoms. The molecule has 0 saturated heterocycles. The third-order valence-electron chi connectivity index (χ3n) is 2.40. The number of methoxy groups -OCH3 is 1. The van der Waals surface area contributed by atoms with Crippen LogP contribution in [0, 0.1) is 0 Å². The SMILES string of the molecule is COc1cccc(Cl)c1-c1nc(C(C)N)cs1. The number of hydrogen-bond acceptors (Lipinski definition) is 4. The number of aromatic nitrogens is 1. The molecule has 0 fully saturated rings. The average Bonchev–Trinajstić information content (AvgIpc) is 2.77. The monoisotopic (exact) mass is 268 g/mol. The Morgan fingerprint density at radius 2 is 2.24 bits per heavy atom. The Balaban J connectivity index is 2.51. The smallest absolute Gasteiger partial charge is 0.130 e. The van der Waals surface area contributed by atoms with Gasteiger partial charge in [-0.2, -0.15) is 0 Å². The summed E-state index contributed by atoms with van der Waals surface area (Å²) in [5.41, 5.74) is 7.49. The molecule has 0 radical (unpaired) electrons. The van der Waals surface area contributed by atoms with Gasteiger partial charge < -0.3 is 10.5 Å². The van der Waals surface area contributed by atoms with E-state index in [-0.39, 0.29) is 6.04 Å². The predicted molar refractivity (Wildman–Crippen MR) is 71.7 cm³/mol. The molecule has 5 heteroatoms. The van der Waals surface area contributed by atoms with Gasteiger partial charge in [-0.3, -0.25) is 0 Å². The van der Waals surface area contributed by atoms with Crippen molar-refractivity contribution in [2.75, 3.05) is 7.11 Å². The van der Waals surface area contributed by atoms with Crippen molar-refractivity contribution in [2.24, 2.45) is 5.73 Å². The maximum Gasteiger partial charge on any atom is 0.130 e. The summed E-state index contributed by atoms with van der Waals surface area (Å²) in [6, 6.07) is 5.47. The summed E-state index contributed by atoms with van der Waals surface area (Å²) in [6.45, 7) is 1.91. The van der Waals surface area contributed by atoms with Crippen LogP contribution >= 0.6 is 22.9 Å². The predicted octanol–water partition coefficient (Wildman–Crippen LogP) is 3.49. The summed E-state index contributed by atoms with van der Waals surface area (Å²) in [6.07, 6.45) is 0. The van der Waals surface area contributed by atoms with Crippen LogP contribution in [0.25, 0.3) is 10.6 Å². The fourth-order valence-electron chi connectivity index (χ4n) is 1.49. The third kappa shape index (κ3) is 2.44. The summed E-state index contributed by atoms with van der Waals surface area (Å²) >= 11 is 7.71. The summed E-state index contributed by atoms with van der Waals surface area (Å²) in [5.74, 6) is 0.725. The summed E-state index contributed by atoms with van der Waals surface area (Å²) in [5, 5.41) is 3.41. The van der Waals surface area contributed by atoms with E-state index in [2.05, 4.69) is 4.98 Å². The Hall–Kier alpha value is -1.10. The minimum atomic E-state index is -0.0755. The van der Waals surface area contributed by atoms with E-state index in [0.717, 1.165) is 22.0 Å². The van der Waals surface area contributed by atoms with Crippen molar-refractivity contribution in [1.82, 2.24) is 4.98 Å². The Bertz CT molecular complexity index is 525. The normalized spacial score (nSPS) is 12.5. The highest BCUT2D eigenvalue weighted by Crippen LogP contribution is 2.38. The first-order valence-electron chi connectivity index (χ1n) is 5.17. The van der Waals surface area contributed by atoms with E-state index in [1.807, 2.05) is 30.5 Å². The molecule has 1 aromatic heterocycles. The van der Waals surface area contributed by atoms with Crippen LogP contribution in [0.1, 0.15) is 18.7 Å². The highest BCUT2D eigenvalue weighted by Gasteiger charge is 2.15. The molecule has 2 aromatic rings. The number of ether oxygens (including phenoxy) is 1. The van der Waals surface area contributed by atoms with Crippen molar-refractivity contribution >= 4 is 22.9 Å². The minimum absolute atomic E-state index is 0.0755. The van der Waals surface area contributed by atoms with Gasteiger partial charge in [0.2, 0.25) is 0 Å². The van der Waals surface area contributed by atoms with E-state index in [1.54, 1.807) is 7.11 Å². The van der Waals surface area contributed by atoms with Gasteiger partial charge in [0.1, 0.15) is 10.8 Å². The van der Waals surface area contributed by atoms with Crippen molar-refractivity contribution < 1.29 is 4.74 Å². The zero-order valence-corrected chi connectivity index (χ0v) is 11.2. The highest BCUT2D eigenvalue weighted by molar-refractivity contribution is 7.13. The molecule has 3 nitrogen and oxygen atoms in total. The van der Waals surface area contributed by atoms with E-state index in [9.17, 15) is 0 Å². The lowest BCUT2D eigenvalue weighted by atomic mass is 10.2. The molecule has 0 aliphatic carbocycles. The van der Waals surface area contributed by atoms with E-state index >= 15 is 0 Å². The van der Waals surface area contributed by atoms with Gasteiger partial charge in [0.15, 0.2) is 0 Å². The van der Waals surface area contributed by atoms with Crippen LogP contribution in [0.15, 0.2) is 23.6 Å². The molecule has 0 aliphatic heterocycles. The van der Waals surface area contributed by atoms with E-state index in [4.69, 9.17) is 22.1 Å². The number of halogens is 1. The Kier molecular flexibility index (Phi) is 3.66. The maximum absolute atomic E-state index is 6.19. The molecule has 1 heterocycles. The number of benzene rings is 1. The first kappa shape index (κ1) is 12.4. The second-order valence-corrected chi connectivity index (χ2v) is 4.95. The van der Waals surface area contributed by atoms with Crippen LogP contribution in [0.3, 0.4) is 0 Å². The van der Waals surface area contributed by atoms with Crippen LogP contribution in [0.4, 0.5) is 0 Å². The van der Waals surface area contributed by atoms with E-state index in [1.165, 1.54) is 11.3 Å². The molecule has 2 N–H and O–H groups in total. The van der Waals surface area contributed by atoms with Gasteiger partial charge in [-0.15, -0.1) is 11.3 Å². The van der Waals surface area contributed by atoms with Gasteiger partial charge in [-0.05, 0) is 19.1 Å². The fourth-order valence-corrected chi connectivity index (χ4v) is 2.79. The largest absolute Gasteiger partial charge is 0.496 e. The molecule has 2 rings (SSSR count). The summed E-state index contributed by atoms with van der Waals surface area (Å²) < 4.78 is 5.30. The minimum Gasteiger partial charge on any atom is -0.496 e. The van der Waals surface area contributed by atoms with E-state index < -0.39 is 0 Å².